The Morgan fingerprint density at radius 2 is 2.31 bits per heavy atom. The van der Waals surface area contributed by atoms with Crippen molar-refractivity contribution in [1.82, 2.24) is 0 Å². The molecule has 0 fully saturated rings. The van der Waals surface area contributed by atoms with E-state index < -0.39 is 0 Å². The maximum atomic E-state index is 11.4. The van der Waals surface area contributed by atoms with E-state index in [1.165, 1.54) is 0 Å². The van der Waals surface area contributed by atoms with Gasteiger partial charge in [0.2, 0.25) is 5.91 Å². The number of nitriles is 1. The maximum Gasteiger partial charge on any atom is 0.224 e. The van der Waals surface area contributed by atoms with Gasteiger partial charge in [0.1, 0.15) is 6.07 Å². The first-order valence-corrected chi connectivity index (χ1v) is 5.09. The number of hydrogen-bond acceptors (Lipinski definition) is 3. The van der Waals surface area contributed by atoms with E-state index >= 15 is 0 Å². The Kier molecular flexibility index (Phi) is 4.49. The number of nitrogens with zero attached hydrogens (tertiary/aromatic N) is 1. The molecule has 4 heteroatoms. The molecule has 16 heavy (non-hydrogen) atoms. The zero-order valence-corrected chi connectivity index (χ0v) is 9.16. The van der Waals surface area contributed by atoms with Crippen molar-refractivity contribution in [1.29, 1.82) is 5.26 Å². The molecule has 2 N–H and O–H groups in total. The molecule has 0 aliphatic rings. The molecule has 0 saturated carbocycles. The molecule has 0 aliphatic heterocycles. The van der Waals surface area contributed by atoms with Gasteiger partial charge in [-0.25, -0.2) is 0 Å². The molecule has 0 heterocycles. The summed E-state index contributed by atoms with van der Waals surface area (Å²) in [4.78, 5) is 11.4. The number of aliphatic hydroxyl groups excluding tert-OH is 1. The number of carbonyl (C=O) groups is 1. The monoisotopic (exact) mass is 218 g/mol. The second-order valence-electron chi connectivity index (χ2n) is 3.48. The summed E-state index contributed by atoms with van der Waals surface area (Å²) in [6.07, 6.45) is 0.689. The van der Waals surface area contributed by atoms with E-state index in [1.807, 2.05) is 13.0 Å². The van der Waals surface area contributed by atoms with Gasteiger partial charge in [-0.05, 0) is 25.0 Å². The fourth-order valence-electron chi connectivity index (χ4n) is 1.37. The molecule has 0 unspecified atom stereocenters. The predicted octanol–water partition coefficient (Wildman–Crippen LogP) is 1.58. The summed E-state index contributed by atoms with van der Waals surface area (Å²) in [6, 6.07) is 7.37. The molecule has 4 nitrogen and oxygen atoms in total. The highest BCUT2D eigenvalue weighted by Gasteiger charge is 2.07. The van der Waals surface area contributed by atoms with Crippen LogP contribution < -0.4 is 5.32 Å². The summed E-state index contributed by atoms with van der Waals surface area (Å²) in [5.41, 5.74) is 1.85. The quantitative estimate of drug-likeness (QED) is 0.805. The van der Waals surface area contributed by atoms with E-state index in [1.54, 1.807) is 12.1 Å². The van der Waals surface area contributed by atoms with Gasteiger partial charge in [0.05, 0.1) is 11.3 Å². The molecule has 1 amide bonds. The van der Waals surface area contributed by atoms with Crippen LogP contribution in [0.4, 0.5) is 5.69 Å². The minimum atomic E-state index is -0.184. The molecule has 1 aromatic carbocycles. The zero-order chi connectivity index (χ0) is 12.0. The van der Waals surface area contributed by atoms with E-state index in [-0.39, 0.29) is 18.9 Å². The smallest absolute Gasteiger partial charge is 0.224 e. The molecule has 0 aliphatic carbocycles. The molecule has 0 saturated heterocycles. The van der Waals surface area contributed by atoms with Crippen LogP contribution in [0.2, 0.25) is 0 Å². The number of hydrogen-bond donors (Lipinski definition) is 2. The Morgan fingerprint density at radius 1 is 1.56 bits per heavy atom. The third-order valence-corrected chi connectivity index (χ3v) is 2.22. The number of nitrogens with one attached hydrogen (secondary N) is 1. The first-order chi connectivity index (χ1) is 7.69. The first kappa shape index (κ1) is 12.2. The number of rotatable bonds is 4. The number of aliphatic hydroxyl groups is 1. The molecule has 1 aromatic rings. The van der Waals surface area contributed by atoms with Gasteiger partial charge in [0.15, 0.2) is 0 Å². The van der Waals surface area contributed by atoms with Crippen molar-refractivity contribution in [2.24, 2.45) is 0 Å². The summed E-state index contributed by atoms with van der Waals surface area (Å²) >= 11 is 0. The van der Waals surface area contributed by atoms with Crippen LogP contribution in [0, 0.1) is 18.3 Å². The maximum absolute atomic E-state index is 11.4. The Labute approximate surface area is 94.5 Å². The SMILES string of the molecule is Cc1cccc(NC(=O)CCCO)c1C#N. The number of amides is 1. The minimum Gasteiger partial charge on any atom is -0.396 e. The van der Waals surface area contributed by atoms with Gasteiger partial charge < -0.3 is 10.4 Å². The molecule has 1 rings (SSSR count). The number of carbonyl (C=O) groups excluding carboxylic acids is 1. The highest BCUT2D eigenvalue weighted by molar-refractivity contribution is 5.92. The van der Waals surface area contributed by atoms with Gasteiger partial charge in [-0.3, -0.25) is 4.79 Å². The Balaban J connectivity index is 2.78. The average Bonchev–Trinajstić information content (AvgIpc) is 2.27. The second-order valence-corrected chi connectivity index (χ2v) is 3.48. The Hall–Kier alpha value is -1.86. The van der Waals surface area contributed by atoms with Crippen LogP contribution in [-0.2, 0) is 4.79 Å². The molecular weight excluding hydrogens is 204 g/mol. The summed E-state index contributed by atoms with van der Waals surface area (Å²) in [5.74, 6) is -0.184. The van der Waals surface area contributed by atoms with Crippen molar-refractivity contribution in [3.8, 4) is 6.07 Å². The zero-order valence-electron chi connectivity index (χ0n) is 9.16. The number of aryl methyl sites for hydroxylation is 1. The van der Waals surface area contributed by atoms with Gasteiger partial charge in [0, 0.05) is 13.0 Å². The van der Waals surface area contributed by atoms with Crippen LogP contribution in [0.15, 0.2) is 18.2 Å². The van der Waals surface area contributed by atoms with Gasteiger partial charge in [-0.2, -0.15) is 5.26 Å². The lowest BCUT2D eigenvalue weighted by Gasteiger charge is -2.08. The van der Waals surface area contributed by atoms with Gasteiger partial charge in [-0.15, -0.1) is 0 Å². The highest BCUT2D eigenvalue weighted by Crippen LogP contribution is 2.18. The van der Waals surface area contributed by atoms with Crippen molar-refractivity contribution in [3.63, 3.8) is 0 Å². The third kappa shape index (κ3) is 3.07. The average molecular weight is 218 g/mol. The van der Waals surface area contributed by atoms with Crippen molar-refractivity contribution in [2.45, 2.75) is 19.8 Å². The van der Waals surface area contributed by atoms with E-state index in [9.17, 15) is 4.79 Å². The highest BCUT2D eigenvalue weighted by atomic mass is 16.3. The van der Waals surface area contributed by atoms with Crippen LogP contribution >= 0.6 is 0 Å². The Morgan fingerprint density at radius 3 is 2.94 bits per heavy atom. The van der Waals surface area contributed by atoms with E-state index in [4.69, 9.17) is 10.4 Å². The fraction of sp³-hybridized carbons (Fsp3) is 0.333. The second kappa shape index (κ2) is 5.89. The normalized spacial score (nSPS) is 9.56. The van der Waals surface area contributed by atoms with Crippen LogP contribution in [0.5, 0.6) is 0 Å². The van der Waals surface area contributed by atoms with E-state index in [0.717, 1.165) is 5.56 Å². The lowest BCUT2D eigenvalue weighted by atomic mass is 10.1. The van der Waals surface area contributed by atoms with E-state index in [2.05, 4.69) is 11.4 Å². The molecule has 0 aromatic heterocycles. The Bertz CT molecular complexity index is 422. The van der Waals surface area contributed by atoms with Crippen LogP contribution in [0.25, 0.3) is 0 Å². The third-order valence-electron chi connectivity index (χ3n) is 2.22. The summed E-state index contributed by atoms with van der Waals surface area (Å²) in [7, 11) is 0. The van der Waals surface area contributed by atoms with Crippen LogP contribution in [0.3, 0.4) is 0 Å². The molecule has 0 spiro atoms. The first-order valence-electron chi connectivity index (χ1n) is 5.09. The van der Waals surface area contributed by atoms with Gasteiger partial charge in [0.25, 0.3) is 0 Å². The van der Waals surface area contributed by atoms with E-state index in [0.29, 0.717) is 17.7 Å². The molecule has 84 valence electrons. The number of benzene rings is 1. The predicted molar refractivity (Wildman–Crippen MR) is 60.8 cm³/mol. The fourth-order valence-corrected chi connectivity index (χ4v) is 1.37. The summed E-state index contributed by atoms with van der Waals surface area (Å²) < 4.78 is 0. The standard InChI is InChI=1S/C12H14N2O2/c1-9-4-2-5-11(10(9)8-13)14-12(16)6-3-7-15/h2,4-5,15H,3,6-7H2,1H3,(H,14,16). The van der Waals surface area contributed by atoms with Gasteiger partial charge >= 0.3 is 0 Å². The van der Waals surface area contributed by atoms with Crippen molar-refractivity contribution in [2.75, 3.05) is 11.9 Å². The lowest BCUT2D eigenvalue weighted by Crippen LogP contribution is -2.13. The topological polar surface area (TPSA) is 73.1 Å². The lowest BCUT2D eigenvalue weighted by molar-refractivity contribution is -0.116. The van der Waals surface area contributed by atoms with Crippen LogP contribution in [-0.4, -0.2) is 17.6 Å². The van der Waals surface area contributed by atoms with Gasteiger partial charge in [-0.1, -0.05) is 12.1 Å². The summed E-state index contributed by atoms with van der Waals surface area (Å²) in [6.45, 7) is 1.81. The molecular formula is C12H14N2O2. The molecule has 0 bridgehead atoms. The van der Waals surface area contributed by atoms with Crippen molar-refractivity contribution in [3.05, 3.63) is 29.3 Å². The summed E-state index contributed by atoms with van der Waals surface area (Å²) in [5, 5.41) is 20.2. The van der Waals surface area contributed by atoms with Crippen molar-refractivity contribution < 1.29 is 9.90 Å². The minimum absolute atomic E-state index is 0.00759. The largest absolute Gasteiger partial charge is 0.396 e. The number of anilines is 1. The molecule has 0 atom stereocenters. The molecule has 0 radical (unpaired) electrons. The van der Waals surface area contributed by atoms with Crippen LogP contribution in [0.1, 0.15) is 24.0 Å². The van der Waals surface area contributed by atoms with Crippen molar-refractivity contribution >= 4 is 11.6 Å².